The highest BCUT2D eigenvalue weighted by Crippen LogP contribution is 2.35. The third-order valence-corrected chi connectivity index (χ3v) is 5.18. The van der Waals surface area contributed by atoms with Gasteiger partial charge >= 0.3 is 0 Å². The Hall–Kier alpha value is -1.99. The third kappa shape index (κ3) is 2.09. The summed E-state index contributed by atoms with van der Waals surface area (Å²) in [6, 6.07) is 4.15. The summed E-state index contributed by atoms with van der Waals surface area (Å²) < 4.78 is 1.01. The van der Waals surface area contributed by atoms with Gasteiger partial charge in [0.05, 0.1) is 17.1 Å². The summed E-state index contributed by atoms with van der Waals surface area (Å²) in [5.74, 6) is 0.805. The number of nitrogens with one attached hydrogen (secondary N) is 2. The second kappa shape index (κ2) is 4.78. The number of H-pyrrole nitrogens is 1. The van der Waals surface area contributed by atoms with E-state index < -0.39 is 0 Å². The standard InChI is InChI=1S/C14H10BrN5S/c1-7-2-11-8(4-18-20-11)3-10(7)19-13-12-9(15)5-21-14(12)17-6-16-13/h2-6H,1H3,(H,18,20)(H,16,17,19). The van der Waals surface area contributed by atoms with Crippen molar-refractivity contribution in [2.24, 2.45) is 0 Å². The van der Waals surface area contributed by atoms with Gasteiger partial charge in [0.1, 0.15) is 17.0 Å². The molecule has 3 aromatic heterocycles. The molecule has 0 amide bonds. The summed E-state index contributed by atoms with van der Waals surface area (Å²) in [7, 11) is 0. The molecule has 0 bridgehead atoms. The molecule has 7 heteroatoms. The molecule has 0 fully saturated rings. The Kier molecular flexibility index (Phi) is 2.90. The molecule has 1 aromatic carbocycles. The molecular formula is C14H10BrN5S. The lowest BCUT2D eigenvalue weighted by Gasteiger charge is -2.10. The number of aromatic nitrogens is 4. The Balaban J connectivity index is 1.86. The fraction of sp³-hybridized carbons (Fsp3) is 0.0714. The molecule has 0 saturated carbocycles. The number of anilines is 2. The van der Waals surface area contributed by atoms with Crippen LogP contribution in [0.25, 0.3) is 21.1 Å². The van der Waals surface area contributed by atoms with E-state index in [4.69, 9.17) is 0 Å². The van der Waals surface area contributed by atoms with Crippen LogP contribution in [0.15, 0.2) is 34.5 Å². The van der Waals surface area contributed by atoms with Gasteiger partial charge in [-0.25, -0.2) is 9.97 Å². The molecule has 2 N–H and O–H groups in total. The van der Waals surface area contributed by atoms with Gasteiger partial charge in [0.15, 0.2) is 0 Å². The number of benzene rings is 1. The lowest BCUT2D eigenvalue weighted by Crippen LogP contribution is -1.97. The number of aryl methyl sites for hydroxylation is 1. The van der Waals surface area contributed by atoms with Crippen molar-refractivity contribution in [1.29, 1.82) is 0 Å². The summed E-state index contributed by atoms with van der Waals surface area (Å²) in [6.45, 7) is 2.06. The van der Waals surface area contributed by atoms with Gasteiger partial charge in [-0.15, -0.1) is 11.3 Å². The maximum Gasteiger partial charge on any atom is 0.143 e. The van der Waals surface area contributed by atoms with E-state index in [0.717, 1.165) is 42.7 Å². The predicted molar refractivity (Wildman–Crippen MR) is 89.2 cm³/mol. The smallest absolute Gasteiger partial charge is 0.143 e. The van der Waals surface area contributed by atoms with Crippen LogP contribution in [0.5, 0.6) is 0 Å². The number of hydrogen-bond acceptors (Lipinski definition) is 5. The number of hydrogen-bond donors (Lipinski definition) is 2. The van der Waals surface area contributed by atoms with Crippen molar-refractivity contribution in [3.8, 4) is 0 Å². The minimum Gasteiger partial charge on any atom is -0.339 e. The van der Waals surface area contributed by atoms with Gasteiger partial charge in [-0.1, -0.05) is 0 Å². The average molecular weight is 360 g/mol. The lowest BCUT2D eigenvalue weighted by atomic mass is 10.1. The number of rotatable bonds is 2. The van der Waals surface area contributed by atoms with Crippen molar-refractivity contribution < 1.29 is 0 Å². The Morgan fingerprint density at radius 2 is 2.19 bits per heavy atom. The van der Waals surface area contributed by atoms with Crippen molar-refractivity contribution in [3.05, 3.63) is 40.1 Å². The minimum absolute atomic E-state index is 0.805. The van der Waals surface area contributed by atoms with Crippen molar-refractivity contribution in [2.75, 3.05) is 5.32 Å². The quantitative estimate of drug-likeness (QED) is 0.557. The number of aromatic amines is 1. The zero-order valence-electron chi connectivity index (χ0n) is 11.0. The maximum absolute atomic E-state index is 4.38. The first-order chi connectivity index (χ1) is 10.2. The van der Waals surface area contributed by atoms with Gasteiger partial charge in [-0.2, -0.15) is 5.10 Å². The van der Waals surface area contributed by atoms with Gasteiger partial charge in [0.2, 0.25) is 0 Å². The van der Waals surface area contributed by atoms with E-state index in [1.165, 1.54) is 0 Å². The van der Waals surface area contributed by atoms with E-state index in [9.17, 15) is 0 Å². The van der Waals surface area contributed by atoms with Gasteiger partial charge in [0.25, 0.3) is 0 Å². The van der Waals surface area contributed by atoms with E-state index in [-0.39, 0.29) is 0 Å². The predicted octanol–water partition coefficient (Wildman–Crippen LogP) is 4.38. The number of thiophene rings is 1. The average Bonchev–Trinajstić information content (AvgIpc) is 3.07. The van der Waals surface area contributed by atoms with Crippen LogP contribution in [0.2, 0.25) is 0 Å². The molecule has 0 saturated heterocycles. The van der Waals surface area contributed by atoms with Gasteiger partial charge < -0.3 is 5.32 Å². The molecule has 0 spiro atoms. The molecule has 0 aliphatic rings. The van der Waals surface area contributed by atoms with Crippen LogP contribution < -0.4 is 5.32 Å². The summed E-state index contributed by atoms with van der Waals surface area (Å²) >= 11 is 5.15. The first-order valence-electron chi connectivity index (χ1n) is 6.31. The second-order valence-electron chi connectivity index (χ2n) is 4.74. The van der Waals surface area contributed by atoms with E-state index >= 15 is 0 Å². The van der Waals surface area contributed by atoms with Crippen LogP contribution in [-0.2, 0) is 0 Å². The highest BCUT2D eigenvalue weighted by molar-refractivity contribution is 9.10. The molecule has 0 radical (unpaired) electrons. The molecule has 0 unspecified atom stereocenters. The largest absolute Gasteiger partial charge is 0.339 e. The first kappa shape index (κ1) is 12.7. The molecular weight excluding hydrogens is 350 g/mol. The van der Waals surface area contributed by atoms with Crippen LogP contribution in [0.4, 0.5) is 11.5 Å². The summed E-state index contributed by atoms with van der Waals surface area (Å²) in [5.41, 5.74) is 3.18. The molecule has 21 heavy (non-hydrogen) atoms. The Labute approximate surface area is 132 Å². The van der Waals surface area contributed by atoms with Crippen LogP contribution in [0, 0.1) is 6.92 Å². The van der Waals surface area contributed by atoms with Crippen LogP contribution >= 0.6 is 27.3 Å². The Morgan fingerprint density at radius 3 is 3.10 bits per heavy atom. The van der Waals surface area contributed by atoms with Crippen LogP contribution in [-0.4, -0.2) is 20.2 Å². The Morgan fingerprint density at radius 1 is 1.29 bits per heavy atom. The zero-order valence-corrected chi connectivity index (χ0v) is 13.4. The minimum atomic E-state index is 0.805. The molecule has 4 aromatic rings. The fourth-order valence-corrected chi connectivity index (χ4v) is 3.85. The normalized spacial score (nSPS) is 11.3. The molecule has 0 aliphatic carbocycles. The molecule has 0 aliphatic heterocycles. The van der Waals surface area contributed by atoms with Crippen LogP contribution in [0.3, 0.4) is 0 Å². The van der Waals surface area contributed by atoms with Crippen molar-refractivity contribution in [1.82, 2.24) is 20.2 Å². The highest BCUT2D eigenvalue weighted by Gasteiger charge is 2.11. The summed E-state index contributed by atoms with van der Waals surface area (Å²) in [5, 5.41) is 14.5. The topological polar surface area (TPSA) is 66.5 Å². The van der Waals surface area contributed by atoms with Gasteiger partial charge in [0, 0.05) is 20.9 Å². The monoisotopic (exact) mass is 359 g/mol. The SMILES string of the molecule is Cc1cc2[nH]ncc2cc1Nc1ncnc2scc(Br)c12. The van der Waals surface area contributed by atoms with E-state index in [1.54, 1.807) is 17.7 Å². The van der Waals surface area contributed by atoms with Crippen LogP contribution in [0.1, 0.15) is 5.56 Å². The summed E-state index contributed by atoms with van der Waals surface area (Å²) in [6.07, 6.45) is 3.40. The molecule has 4 rings (SSSR count). The number of nitrogens with zero attached hydrogens (tertiary/aromatic N) is 3. The summed E-state index contributed by atoms with van der Waals surface area (Å²) in [4.78, 5) is 9.63. The van der Waals surface area contributed by atoms with Crippen molar-refractivity contribution >= 4 is 59.9 Å². The van der Waals surface area contributed by atoms with E-state index in [0.29, 0.717) is 0 Å². The molecule has 3 heterocycles. The second-order valence-corrected chi connectivity index (χ2v) is 6.45. The van der Waals surface area contributed by atoms with Crippen molar-refractivity contribution in [3.63, 3.8) is 0 Å². The molecule has 0 atom stereocenters. The van der Waals surface area contributed by atoms with E-state index in [2.05, 4.69) is 60.5 Å². The van der Waals surface area contributed by atoms with Gasteiger partial charge in [-0.05, 0) is 40.5 Å². The molecule has 104 valence electrons. The number of halogens is 1. The third-order valence-electron chi connectivity index (χ3n) is 3.36. The molecule has 5 nitrogen and oxygen atoms in total. The fourth-order valence-electron chi connectivity index (χ4n) is 2.30. The zero-order chi connectivity index (χ0) is 14.4. The van der Waals surface area contributed by atoms with E-state index in [1.807, 2.05) is 11.6 Å². The van der Waals surface area contributed by atoms with Gasteiger partial charge in [-0.3, -0.25) is 5.10 Å². The first-order valence-corrected chi connectivity index (χ1v) is 7.98. The Bertz CT molecular complexity index is 958. The number of fused-ring (bicyclic) bond motifs is 2. The maximum atomic E-state index is 4.38. The lowest BCUT2D eigenvalue weighted by molar-refractivity contribution is 1.12. The van der Waals surface area contributed by atoms with Crippen molar-refractivity contribution in [2.45, 2.75) is 6.92 Å². The highest BCUT2D eigenvalue weighted by atomic mass is 79.9.